The van der Waals surface area contributed by atoms with Crippen molar-refractivity contribution in [2.24, 2.45) is 0 Å². The second-order valence-electron chi connectivity index (χ2n) is 5.44. The number of carbonyl (C=O) groups excluding carboxylic acids is 1. The summed E-state index contributed by atoms with van der Waals surface area (Å²) in [4.78, 5) is 11.5. The maximum absolute atomic E-state index is 12.1. The second-order valence-corrected chi connectivity index (χ2v) is 7.20. The number of nitrogens with one attached hydrogen (secondary N) is 3. The van der Waals surface area contributed by atoms with E-state index in [2.05, 4.69) is 20.1 Å². The molecule has 0 aliphatic carbocycles. The molecule has 1 aromatic rings. The molecule has 1 fully saturated rings. The third-order valence-electron chi connectivity index (χ3n) is 3.49. The molecular weight excluding hydrogens is 363 g/mol. The number of ether oxygens (including phenoxy) is 1. The molecule has 0 saturated carbocycles. The average Bonchev–Trinajstić information content (AvgIpc) is 2.53. The number of rotatable bonds is 6. The molecule has 0 aromatic heterocycles. The number of amides is 1. The zero-order chi connectivity index (χ0) is 18.5. The number of carbonyl (C=O) groups is 1. The van der Waals surface area contributed by atoms with Crippen molar-refractivity contribution in [1.29, 1.82) is 0 Å². The van der Waals surface area contributed by atoms with Crippen molar-refractivity contribution in [2.45, 2.75) is 30.1 Å². The number of hydrogen-bond acceptors (Lipinski definition) is 5. The normalized spacial score (nSPS) is 16.4. The largest absolute Gasteiger partial charge is 0.573 e. The lowest BCUT2D eigenvalue weighted by atomic mass is 10.1. The van der Waals surface area contributed by atoms with E-state index in [0.29, 0.717) is 0 Å². The fourth-order valence-electron chi connectivity index (χ4n) is 2.31. The van der Waals surface area contributed by atoms with Gasteiger partial charge in [-0.3, -0.25) is 4.79 Å². The zero-order valence-electron chi connectivity index (χ0n) is 13.1. The van der Waals surface area contributed by atoms with Crippen LogP contribution in [0.5, 0.6) is 5.75 Å². The molecule has 1 aliphatic heterocycles. The van der Waals surface area contributed by atoms with Gasteiger partial charge in [0.25, 0.3) is 0 Å². The number of sulfonamides is 1. The molecule has 25 heavy (non-hydrogen) atoms. The van der Waals surface area contributed by atoms with Crippen LogP contribution in [-0.2, 0) is 14.8 Å². The summed E-state index contributed by atoms with van der Waals surface area (Å²) in [6.45, 7) is 1.11. The second kappa shape index (κ2) is 8.02. The first kappa shape index (κ1) is 19.5. The standard InChI is InChI=1S/C14H18F3N3O4S/c15-14(16,17)24-11-1-3-12(4-2-11)25(22,23)19-9-13(21)20-10-5-7-18-8-6-10/h1-4,10,18-19H,5-9H2,(H,20,21). The first-order chi connectivity index (χ1) is 11.7. The lowest BCUT2D eigenvalue weighted by Crippen LogP contribution is -2.46. The Hall–Kier alpha value is -1.85. The number of piperidine rings is 1. The van der Waals surface area contributed by atoms with E-state index >= 15 is 0 Å². The van der Waals surface area contributed by atoms with Gasteiger partial charge in [0.15, 0.2) is 0 Å². The van der Waals surface area contributed by atoms with E-state index in [1.807, 2.05) is 0 Å². The number of alkyl halides is 3. The third-order valence-corrected chi connectivity index (χ3v) is 4.91. The first-order valence-electron chi connectivity index (χ1n) is 7.51. The van der Waals surface area contributed by atoms with E-state index in [1.54, 1.807) is 0 Å². The monoisotopic (exact) mass is 381 g/mol. The average molecular weight is 381 g/mol. The number of benzene rings is 1. The predicted molar refractivity (Wildman–Crippen MR) is 82.3 cm³/mol. The summed E-state index contributed by atoms with van der Waals surface area (Å²) in [6.07, 6.45) is -3.33. The predicted octanol–water partition coefficient (Wildman–Crippen LogP) is 0.732. The number of halogens is 3. The van der Waals surface area contributed by atoms with Gasteiger partial charge in [0.1, 0.15) is 5.75 Å². The minimum absolute atomic E-state index is 0.00273. The van der Waals surface area contributed by atoms with Crippen molar-refractivity contribution < 1.29 is 31.1 Å². The Kier molecular flexibility index (Phi) is 6.25. The summed E-state index contributed by atoms with van der Waals surface area (Å²) < 4.78 is 66.1. The summed E-state index contributed by atoms with van der Waals surface area (Å²) in [5.41, 5.74) is 0. The van der Waals surface area contributed by atoms with Gasteiger partial charge in [0, 0.05) is 6.04 Å². The SMILES string of the molecule is O=C(CNS(=O)(=O)c1ccc(OC(F)(F)F)cc1)NC1CCNCC1. The smallest absolute Gasteiger partial charge is 0.406 e. The summed E-state index contributed by atoms with van der Waals surface area (Å²) in [6, 6.07) is 3.70. The molecule has 1 saturated heterocycles. The summed E-state index contributed by atoms with van der Waals surface area (Å²) in [5, 5.41) is 5.87. The van der Waals surface area contributed by atoms with Gasteiger partial charge in [0.2, 0.25) is 15.9 Å². The van der Waals surface area contributed by atoms with E-state index in [9.17, 15) is 26.4 Å². The molecule has 0 atom stereocenters. The summed E-state index contributed by atoms with van der Waals surface area (Å²) >= 11 is 0. The Labute approximate surface area is 143 Å². The van der Waals surface area contributed by atoms with Gasteiger partial charge in [0.05, 0.1) is 11.4 Å². The van der Waals surface area contributed by atoms with Gasteiger partial charge < -0.3 is 15.4 Å². The van der Waals surface area contributed by atoms with Crippen LogP contribution in [0.4, 0.5) is 13.2 Å². The maximum atomic E-state index is 12.1. The van der Waals surface area contributed by atoms with Crippen LogP contribution in [0.15, 0.2) is 29.2 Å². The zero-order valence-corrected chi connectivity index (χ0v) is 13.9. The van der Waals surface area contributed by atoms with Crippen LogP contribution in [-0.4, -0.2) is 46.4 Å². The highest BCUT2D eigenvalue weighted by molar-refractivity contribution is 7.89. The van der Waals surface area contributed by atoms with Crippen molar-refractivity contribution in [2.75, 3.05) is 19.6 Å². The highest BCUT2D eigenvalue weighted by Crippen LogP contribution is 2.23. The molecule has 7 nitrogen and oxygen atoms in total. The highest BCUT2D eigenvalue weighted by Gasteiger charge is 2.31. The van der Waals surface area contributed by atoms with E-state index < -0.39 is 34.6 Å². The van der Waals surface area contributed by atoms with E-state index in [4.69, 9.17) is 0 Å². The molecule has 0 unspecified atom stereocenters. The van der Waals surface area contributed by atoms with Gasteiger partial charge in [-0.15, -0.1) is 13.2 Å². The highest BCUT2D eigenvalue weighted by atomic mass is 32.2. The Bertz CT molecular complexity index is 686. The lowest BCUT2D eigenvalue weighted by Gasteiger charge is -2.23. The topological polar surface area (TPSA) is 96.5 Å². The van der Waals surface area contributed by atoms with Gasteiger partial charge in [-0.05, 0) is 50.2 Å². The Balaban J connectivity index is 1.88. The first-order valence-corrected chi connectivity index (χ1v) is 8.99. The molecule has 1 aliphatic rings. The van der Waals surface area contributed by atoms with Gasteiger partial charge in [-0.1, -0.05) is 0 Å². The Morgan fingerprint density at radius 1 is 1.20 bits per heavy atom. The van der Waals surface area contributed by atoms with Crippen LogP contribution in [0.3, 0.4) is 0 Å². The van der Waals surface area contributed by atoms with Gasteiger partial charge >= 0.3 is 6.36 Å². The molecule has 2 rings (SSSR count). The quantitative estimate of drug-likeness (QED) is 0.675. The summed E-state index contributed by atoms with van der Waals surface area (Å²) in [7, 11) is -4.02. The van der Waals surface area contributed by atoms with Crippen LogP contribution in [0.25, 0.3) is 0 Å². The maximum Gasteiger partial charge on any atom is 0.573 e. The van der Waals surface area contributed by atoms with Crippen LogP contribution in [0.1, 0.15) is 12.8 Å². The van der Waals surface area contributed by atoms with Crippen LogP contribution in [0.2, 0.25) is 0 Å². The fourth-order valence-corrected chi connectivity index (χ4v) is 3.29. The van der Waals surface area contributed by atoms with E-state index in [1.165, 1.54) is 0 Å². The molecule has 1 heterocycles. The minimum Gasteiger partial charge on any atom is -0.406 e. The number of hydrogen-bond donors (Lipinski definition) is 3. The summed E-state index contributed by atoms with van der Waals surface area (Å²) in [5.74, 6) is -0.998. The Morgan fingerprint density at radius 3 is 2.36 bits per heavy atom. The molecule has 3 N–H and O–H groups in total. The van der Waals surface area contributed by atoms with Crippen molar-refractivity contribution >= 4 is 15.9 Å². The molecule has 1 aromatic carbocycles. The minimum atomic E-state index is -4.86. The van der Waals surface area contributed by atoms with Crippen molar-refractivity contribution in [3.8, 4) is 5.75 Å². The molecule has 140 valence electrons. The molecule has 0 bridgehead atoms. The third kappa shape index (κ3) is 6.52. The van der Waals surface area contributed by atoms with E-state index in [0.717, 1.165) is 50.2 Å². The Morgan fingerprint density at radius 2 is 1.80 bits per heavy atom. The van der Waals surface area contributed by atoms with Gasteiger partial charge in [-0.25, -0.2) is 13.1 Å². The van der Waals surface area contributed by atoms with Crippen molar-refractivity contribution in [1.82, 2.24) is 15.4 Å². The van der Waals surface area contributed by atoms with Crippen LogP contribution < -0.4 is 20.1 Å². The van der Waals surface area contributed by atoms with Crippen molar-refractivity contribution in [3.05, 3.63) is 24.3 Å². The fraction of sp³-hybridized carbons (Fsp3) is 0.500. The van der Waals surface area contributed by atoms with Crippen molar-refractivity contribution in [3.63, 3.8) is 0 Å². The molecule has 0 radical (unpaired) electrons. The lowest BCUT2D eigenvalue weighted by molar-refractivity contribution is -0.274. The molecule has 0 spiro atoms. The molecule has 1 amide bonds. The van der Waals surface area contributed by atoms with Gasteiger partial charge in [-0.2, -0.15) is 0 Å². The molecular formula is C14H18F3N3O4S. The van der Waals surface area contributed by atoms with Crippen LogP contribution in [0, 0.1) is 0 Å². The van der Waals surface area contributed by atoms with E-state index in [-0.39, 0.29) is 10.9 Å². The van der Waals surface area contributed by atoms with Crippen LogP contribution >= 0.6 is 0 Å². The molecule has 11 heteroatoms.